The molecule has 144 valence electrons. The standard InChI is InChI=1S/C18H19Cl3N4O2/c1-17(11-18(17,20)21)16(26)25-8-6-24(7-9-25)10-14-22-15(23-27-14)12-2-4-13(19)5-3-12/h2-5H,6-11H2,1H3/t17-/m1/s1. The number of amides is 1. The Kier molecular flexibility index (Phi) is 4.87. The number of hydrogen-bond donors (Lipinski definition) is 0. The minimum atomic E-state index is -0.928. The zero-order chi connectivity index (χ0) is 19.2. The van der Waals surface area contributed by atoms with Crippen LogP contribution in [0.15, 0.2) is 28.8 Å². The van der Waals surface area contributed by atoms with Crippen molar-refractivity contribution >= 4 is 40.7 Å². The molecule has 1 atom stereocenters. The minimum absolute atomic E-state index is 0.0370. The van der Waals surface area contributed by atoms with E-state index in [1.165, 1.54) is 0 Å². The van der Waals surface area contributed by atoms with Gasteiger partial charge in [0.25, 0.3) is 0 Å². The maximum Gasteiger partial charge on any atom is 0.241 e. The van der Waals surface area contributed by atoms with E-state index >= 15 is 0 Å². The third kappa shape index (κ3) is 3.68. The summed E-state index contributed by atoms with van der Waals surface area (Å²) in [6.45, 7) is 5.12. The molecule has 1 amide bonds. The number of rotatable bonds is 4. The number of carbonyl (C=O) groups excluding carboxylic acids is 1. The summed E-state index contributed by atoms with van der Waals surface area (Å²) in [5, 5.41) is 4.69. The molecule has 4 rings (SSSR count). The summed E-state index contributed by atoms with van der Waals surface area (Å²) in [6.07, 6.45) is 0.512. The van der Waals surface area contributed by atoms with Crippen molar-refractivity contribution in [2.45, 2.75) is 24.2 Å². The SMILES string of the molecule is C[C@]1(C(=O)N2CCN(Cc3nc(-c4ccc(Cl)cc4)no3)CC2)CC1(Cl)Cl. The van der Waals surface area contributed by atoms with Gasteiger partial charge in [-0.1, -0.05) is 16.8 Å². The molecule has 27 heavy (non-hydrogen) atoms. The lowest BCUT2D eigenvalue weighted by molar-refractivity contribution is -0.138. The number of piperazine rings is 1. The summed E-state index contributed by atoms with van der Waals surface area (Å²) in [7, 11) is 0. The van der Waals surface area contributed by atoms with Gasteiger partial charge in [0.2, 0.25) is 17.6 Å². The van der Waals surface area contributed by atoms with Crippen LogP contribution in [0, 0.1) is 5.41 Å². The second-order valence-electron chi connectivity index (χ2n) is 7.30. The molecule has 6 nitrogen and oxygen atoms in total. The maximum absolute atomic E-state index is 12.6. The minimum Gasteiger partial charge on any atom is -0.340 e. The molecule has 1 aromatic carbocycles. The highest BCUT2D eigenvalue weighted by atomic mass is 35.5. The summed E-state index contributed by atoms with van der Waals surface area (Å²) in [4.78, 5) is 21.1. The third-order valence-corrected chi connectivity index (χ3v) is 6.67. The molecular weight excluding hydrogens is 411 g/mol. The van der Waals surface area contributed by atoms with E-state index < -0.39 is 9.75 Å². The quantitative estimate of drug-likeness (QED) is 0.695. The number of nitrogens with zero attached hydrogens (tertiary/aromatic N) is 4. The lowest BCUT2D eigenvalue weighted by Crippen LogP contribution is -2.50. The molecule has 0 N–H and O–H groups in total. The molecule has 1 saturated carbocycles. The average Bonchev–Trinajstić information content (AvgIpc) is 2.96. The lowest BCUT2D eigenvalue weighted by Gasteiger charge is -2.35. The first-order valence-electron chi connectivity index (χ1n) is 8.77. The first-order valence-corrected chi connectivity index (χ1v) is 9.90. The van der Waals surface area contributed by atoms with Crippen molar-refractivity contribution in [3.63, 3.8) is 0 Å². The van der Waals surface area contributed by atoms with Gasteiger partial charge < -0.3 is 9.42 Å². The fourth-order valence-corrected chi connectivity index (χ4v) is 4.14. The van der Waals surface area contributed by atoms with Crippen LogP contribution in [0.5, 0.6) is 0 Å². The van der Waals surface area contributed by atoms with E-state index in [1.807, 2.05) is 24.0 Å². The van der Waals surface area contributed by atoms with Crippen LogP contribution in [-0.4, -0.2) is 56.4 Å². The molecule has 0 bridgehead atoms. The molecule has 1 aliphatic heterocycles. The summed E-state index contributed by atoms with van der Waals surface area (Å²) in [5.41, 5.74) is 0.200. The molecule has 2 fully saturated rings. The maximum atomic E-state index is 12.6. The zero-order valence-electron chi connectivity index (χ0n) is 14.8. The van der Waals surface area contributed by atoms with E-state index in [0.29, 0.717) is 42.8 Å². The second kappa shape index (κ2) is 6.92. The largest absolute Gasteiger partial charge is 0.340 e. The van der Waals surface area contributed by atoms with Crippen LogP contribution in [0.1, 0.15) is 19.2 Å². The van der Waals surface area contributed by atoms with E-state index in [2.05, 4.69) is 15.0 Å². The Bertz CT molecular complexity index is 847. The van der Waals surface area contributed by atoms with Crippen LogP contribution in [0.3, 0.4) is 0 Å². The van der Waals surface area contributed by atoms with Gasteiger partial charge in [0.15, 0.2) is 0 Å². The van der Waals surface area contributed by atoms with Crippen LogP contribution in [0.2, 0.25) is 5.02 Å². The predicted octanol–water partition coefficient (Wildman–Crippen LogP) is 3.62. The molecule has 9 heteroatoms. The topological polar surface area (TPSA) is 62.5 Å². The van der Waals surface area contributed by atoms with Gasteiger partial charge in [0.1, 0.15) is 4.33 Å². The molecule has 2 aliphatic rings. The second-order valence-corrected chi connectivity index (χ2v) is 9.22. The molecule has 1 aliphatic carbocycles. The normalized spacial score (nSPS) is 24.8. The van der Waals surface area contributed by atoms with Crippen molar-refractivity contribution in [1.29, 1.82) is 0 Å². The van der Waals surface area contributed by atoms with Crippen LogP contribution in [-0.2, 0) is 11.3 Å². The van der Waals surface area contributed by atoms with Gasteiger partial charge in [-0.15, -0.1) is 23.2 Å². The van der Waals surface area contributed by atoms with Crippen molar-refractivity contribution in [2.75, 3.05) is 26.2 Å². The fraction of sp³-hybridized carbons (Fsp3) is 0.500. The fourth-order valence-electron chi connectivity index (χ4n) is 3.32. The first kappa shape index (κ1) is 19.0. The number of halogens is 3. The van der Waals surface area contributed by atoms with Gasteiger partial charge >= 0.3 is 0 Å². The Balaban J connectivity index is 1.32. The van der Waals surface area contributed by atoms with E-state index in [9.17, 15) is 4.79 Å². The Morgan fingerprint density at radius 1 is 1.19 bits per heavy atom. The van der Waals surface area contributed by atoms with Crippen molar-refractivity contribution in [1.82, 2.24) is 19.9 Å². The Labute approximate surface area is 172 Å². The van der Waals surface area contributed by atoms with Crippen molar-refractivity contribution < 1.29 is 9.32 Å². The van der Waals surface area contributed by atoms with E-state index in [-0.39, 0.29) is 5.91 Å². The van der Waals surface area contributed by atoms with Gasteiger partial charge in [0.05, 0.1) is 12.0 Å². The zero-order valence-corrected chi connectivity index (χ0v) is 17.1. The van der Waals surface area contributed by atoms with Gasteiger partial charge in [-0.3, -0.25) is 9.69 Å². The highest BCUT2D eigenvalue weighted by molar-refractivity contribution is 6.53. The number of aromatic nitrogens is 2. The Morgan fingerprint density at radius 3 is 2.41 bits per heavy atom. The third-order valence-electron chi connectivity index (χ3n) is 5.32. The molecule has 2 heterocycles. The van der Waals surface area contributed by atoms with E-state index in [0.717, 1.165) is 18.7 Å². The molecule has 2 aromatic rings. The molecule has 1 saturated heterocycles. The molecule has 0 unspecified atom stereocenters. The number of carbonyl (C=O) groups is 1. The Morgan fingerprint density at radius 2 is 1.81 bits per heavy atom. The highest BCUT2D eigenvalue weighted by Gasteiger charge is 2.68. The van der Waals surface area contributed by atoms with Gasteiger partial charge in [-0.2, -0.15) is 4.98 Å². The van der Waals surface area contributed by atoms with Crippen LogP contribution in [0.25, 0.3) is 11.4 Å². The lowest BCUT2D eigenvalue weighted by atomic mass is 10.1. The monoisotopic (exact) mass is 428 g/mol. The molecule has 0 spiro atoms. The number of hydrogen-bond acceptors (Lipinski definition) is 5. The average molecular weight is 430 g/mol. The number of benzene rings is 1. The van der Waals surface area contributed by atoms with E-state index in [1.54, 1.807) is 12.1 Å². The van der Waals surface area contributed by atoms with Crippen molar-refractivity contribution in [3.8, 4) is 11.4 Å². The van der Waals surface area contributed by atoms with Crippen LogP contribution >= 0.6 is 34.8 Å². The number of alkyl halides is 2. The summed E-state index contributed by atoms with van der Waals surface area (Å²) in [5.74, 6) is 1.13. The highest BCUT2D eigenvalue weighted by Crippen LogP contribution is 2.64. The van der Waals surface area contributed by atoms with Gasteiger partial charge in [-0.05, 0) is 37.6 Å². The summed E-state index contributed by atoms with van der Waals surface area (Å²) >= 11 is 18.2. The van der Waals surface area contributed by atoms with Crippen LogP contribution < -0.4 is 0 Å². The summed E-state index contributed by atoms with van der Waals surface area (Å²) < 4.78 is 4.44. The Hall–Kier alpha value is -1.34. The van der Waals surface area contributed by atoms with Crippen LogP contribution in [0.4, 0.5) is 0 Å². The molecule has 0 radical (unpaired) electrons. The smallest absolute Gasteiger partial charge is 0.241 e. The first-order chi connectivity index (χ1) is 12.8. The van der Waals surface area contributed by atoms with Crippen molar-refractivity contribution in [3.05, 3.63) is 35.2 Å². The molecular formula is C18H19Cl3N4O2. The summed E-state index contributed by atoms with van der Waals surface area (Å²) in [6, 6.07) is 7.29. The van der Waals surface area contributed by atoms with Gasteiger partial charge in [-0.25, -0.2) is 0 Å². The predicted molar refractivity (Wildman–Crippen MR) is 104 cm³/mol. The van der Waals surface area contributed by atoms with Gasteiger partial charge in [0, 0.05) is 36.8 Å². The molecule has 1 aromatic heterocycles. The van der Waals surface area contributed by atoms with Crippen molar-refractivity contribution in [2.24, 2.45) is 5.41 Å². The van der Waals surface area contributed by atoms with E-state index in [4.69, 9.17) is 39.3 Å².